The number of hydrogen-bond donors (Lipinski definition) is 1. The molecule has 80 valence electrons. The molecule has 1 unspecified atom stereocenters. The van der Waals surface area contributed by atoms with Crippen LogP contribution in [-0.2, 0) is 0 Å². The van der Waals surface area contributed by atoms with E-state index in [4.69, 9.17) is 5.26 Å². The molecule has 0 aromatic carbocycles. The van der Waals surface area contributed by atoms with Crippen molar-refractivity contribution >= 4 is 0 Å². The van der Waals surface area contributed by atoms with E-state index in [0.717, 1.165) is 26.2 Å². The molecule has 0 aliphatic rings. The standard InChI is InChI=1S/C11H21N3/c1-5-14(8-10(2)6-12)9-11(3)7-13-4/h10,13H,3,5,7-9H2,1-2,4H3. The summed E-state index contributed by atoms with van der Waals surface area (Å²) in [5.74, 6) is 0.0948. The van der Waals surface area contributed by atoms with Crippen molar-refractivity contribution in [2.75, 3.05) is 33.2 Å². The number of rotatable bonds is 7. The Balaban J connectivity index is 3.91. The quantitative estimate of drug-likeness (QED) is 0.621. The normalized spacial score (nSPS) is 12.5. The second-order valence-electron chi connectivity index (χ2n) is 3.64. The fourth-order valence-electron chi connectivity index (χ4n) is 1.36. The molecule has 0 bridgehead atoms. The first-order valence-electron chi connectivity index (χ1n) is 5.07. The van der Waals surface area contributed by atoms with E-state index in [1.165, 1.54) is 5.57 Å². The summed E-state index contributed by atoms with van der Waals surface area (Å²) in [5.41, 5.74) is 1.17. The summed E-state index contributed by atoms with van der Waals surface area (Å²) in [4.78, 5) is 2.24. The molecule has 0 aromatic rings. The van der Waals surface area contributed by atoms with Crippen LogP contribution in [0.3, 0.4) is 0 Å². The first-order valence-corrected chi connectivity index (χ1v) is 5.07. The predicted molar refractivity (Wildman–Crippen MR) is 60.0 cm³/mol. The zero-order valence-corrected chi connectivity index (χ0v) is 9.51. The number of hydrogen-bond acceptors (Lipinski definition) is 3. The summed E-state index contributed by atoms with van der Waals surface area (Å²) in [6, 6.07) is 2.25. The highest BCUT2D eigenvalue weighted by atomic mass is 15.1. The molecule has 3 nitrogen and oxygen atoms in total. The Morgan fingerprint density at radius 1 is 1.64 bits per heavy atom. The van der Waals surface area contributed by atoms with Gasteiger partial charge in [-0.25, -0.2) is 0 Å². The Morgan fingerprint density at radius 3 is 2.71 bits per heavy atom. The summed E-state index contributed by atoms with van der Waals surface area (Å²) in [6.07, 6.45) is 0. The van der Waals surface area contributed by atoms with Crippen LogP contribution in [0.2, 0.25) is 0 Å². The topological polar surface area (TPSA) is 39.1 Å². The predicted octanol–water partition coefficient (Wildman–Crippen LogP) is 1.24. The van der Waals surface area contributed by atoms with Gasteiger partial charge in [0.05, 0.1) is 12.0 Å². The second kappa shape index (κ2) is 7.54. The van der Waals surface area contributed by atoms with E-state index < -0.39 is 0 Å². The number of nitriles is 1. The highest BCUT2D eigenvalue weighted by molar-refractivity contribution is 4.99. The third-order valence-corrected chi connectivity index (χ3v) is 2.07. The van der Waals surface area contributed by atoms with E-state index in [1.54, 1.807) is 0 Å². The van der Waals surface area contributed by atoms with E-state index in [0.29, 0.717) is 0 Å². The van der Waals surface area contributed by atoms with Crippen LogP contribution >= 0.6 is 0 Å². The maximum atomic E-state index is 8.71. The van der Waals surface area contributed by atoms with Gasteiger partial charge in [-0.3, -0.25) is 4.90 Å². The maximum absolute atomic E-state index is 8.71. The molecule has 0 amide bonds. The van der Waals surface area contributed by atoms with Crippen LogP contribution in [0.5, 0.6) is 0 Å². The molecule has 14 heavy (non-hydrogen) atoms. The van der Waals surface area contributed by atoms with Crippen LogP contribution in [0.25, 0.3) is 0 Å². The van der Waals surface area contributed by atoms with Gasteiger partial charge in [-0.15, -0.1) is 0 Å². The molecule has 0 saturated heterocycles. The fraction of sp³-hybridized carbons (Fsp3) is 0.727. The number of likely N-dealkylation sites (N-methyl/N-ethyl adjacent to an activating group) is 2. The average Bonchev–Trinajstić information content (AvgIpc) is 2.16. The zero-order valence-electron chi connectivity index (χ0n) is 9.51. The van der Waals surface area contributed by atoms with Crippen molar-refractivity contribution in [3.8, 4) is 6.07 Å². The van der Waals surface area contributed by atoms with Crippen molar-refractivity contribution in [3.05, 3.63) is 12.2 Å². The average molecular weight is 195 g/mol. The molecule has 0 rings (SSSR count). The molecular formula is C11H21N3. The highest BCUT2D eigenvalue weighted by Crippen LogP contribution is 2.01. The van der Waals surface area contributed by atoms with Crippen molar-refractivity contribution in [1.29, 1.82) is 5.26 Å². The molecule has 1 N–H and O–H groups in total. The van der Waals surface area contributed by atoms with Crippen molar-refractivity contribution < 1.29 is 0 Å². The first kappa shape index (κ1) is 13.2. The molecule has 3 heteroatoms. The smallest absolute Gasteiger partial charge is 0.0666 e. The maximum Gasteiger partial charge on any atom is 0.0666 e. The highest BCUT2D eigenvalue weighted by Gasteiger charge is 2.08. The van der Waals surface area contributed by atoms with E-state index in [2.05, 4.69) is 29.8 Å². The summed E-state index contributed by atoms with van der Waals surface area (Å²) in [7, 11) is 1.92. The van der Waals surface area contributed by atoms with Crippen LogP contribution in [0, 0.1) is 17.2 Å². The monoisotopic (exact) mass is 195 g/mol. The van der Waals surface area contributed by atoms with Gasteiger partial charge in [-0.1, -0.05) is 13.5 Å². The van der Waals surface area contributed by atoms with Gasteiger partial charge >= 0.3 is 0 Å². The lowest BCUT2D eigenvalue weighted by molar-refractivity contribution is 0.288. The molecular weight excluding hydrogens is 174 g/mol. The molecule has 0 fully saturated rings. The van der Waals surface area contributed by atoms with E-state index in [1.807, 2.05) is 14.0 Å². The van der Waals surface area contributed by atoms with Crippen LogP contribution in [0.1, 0.15) is 13.8 Å². The van der Waals surface area contributed by atoms with Crippen molar-refractivity contribution in [2.24, 2.45) is 5.92 Å². The molecule has 0 aromatic heterocycles. The second-order valence-corrected chi connectivity index (χ2v) is 3.64. The van der Waals surface area contributed by atoms with Crippen molar-refractivity contribution in [2.45, 2.75) is 13.8 Å². The summed E-state index contributed by atoms with van der Waals surface area (Å²) in [6.45, 7) is 11.6. The van der Waals surface area contributed by atoms with Crippen LogP contribution in [-0.4, -0.2) is 38.1 Å². The molecule has 1 atom stereocenters. The molecule has 0 radical (unpaired) electrons. The summed E-state index contributed by atoms with van der Waals surface area (Å²) in [5, 5.41) is 11.8. The lowest BCUT2D eigenvalue weighted by atomic mass is 10.2. The Labute approximate surface area is 87.4 Å². The molecule has 0 saturated carbocycles. The lowest BCUT2D eigenvalue weighted by Gasteiger charge is -2.22. The molecule has 0 aliphatic heterocycles. The SMILES string of the molecule is C=C(CNC)CN(CC)CC(C)C#N. The van der Waals surface area contributed by atoms with Gasteiger partial charge in [-0.2, -0.15) is 5.26 Å². The van der Waals surface area contributed by atoms with Gasteiger partial charge in [0.2, 0.25) is 0 Å². The summed E-state index contributed by atoms with van der Waals surface area (Å²) >= 11 is 0. The molecule has 0 heterocycles. The van der Waals surface area contributed by atoms with E-state index in [-0.39, 0.29) is 5.92 Å². The molecule has 0 spiro atoms. The molecule has 0 aliphatic carbocycles. The van der Waals surface area contributed by atoms with E-state index in [9.17, 15) is 0 Å². The van der Waals surface area contributed by atoms with Gasteiger partial charge in [0.1, 0.15) is 0 Å². The van der Waals surface area contributed by atoms with Gasteiger partial charge in [0, 0.05) is 19.6 Å². The third-order valence-electron chi connectivity index (χ3n) is 2.07. The first-order chi connectivity index (χ1) is 6.63. The zero-order chi connectivity index (χ0) is 11.0. The lowest BCUT2D eigenvalue weighted by Crippen LogP contribution is -2.31. The van der Waals surface area contributed by atoms with Crippen molar-refractivity contribution in [3.63, 3.8) is 0 Å². The van der Waals surface area contributed by atoms with Gasteiger partial charge in [0.25, 0.3) is 0 Å². The number of nitrogens with one attached hydrogen (secondary N) is 1. The Bertz CT molecular complexity index is 205. The van der Waals surface area contributed by atoms with Gasteiger partial charge in [0.15, 0.2) is 0 Å². The minimum absolute atomic E-state index is 0.0948. The van der Waals surface area contributed by atoms with Crippen molar-refractivity contribution in [1.82, 2.24) is 10.2 Å². The third kappa shape index (κ3) is 5.74. The van der Waals surface area contributed by atoms with Gasteiger partial charge < -0.3 is 5.32 Å². The number of nitrogens with zero attached hydrogens (tertiary/aromatic N) is 2. The Kier molecular flexibility index (Phi) is 7.09. The van der Waals surface area contributed by atoms with Crippen LogP contribution < -0.4 is 5.32 Å². The van der Waals surface area contributed by atoms with Crippen LogP contribution in [0.15, 0.2) is 12.2 Å². The summed E-state index contributed by atoms with van der Waals surface area (Å²) < 4.78 is 0. The Hall–Kier alpha value is -0.850. The largest absolute Gasteiger partial charge is 0.316 e. The van der Waals surface area contributed by atoms with Gasteiger partial charge in [-0.05, 0) is 26.1 Å². The minimum Gasteiger partial charge on any atom is -0.316 e. The fourth-order valence-corrected chi connectivity index (χ4v) is 1.36. The van der Waals surface area contributed by atoms with E-state index >= 15 is 0 Å². The minimum atomic E-state index is 0.0948. The Morgan fingerprint density at radius 2 is 2.29 bits per heavy atom. The van der Waals surface area contributed by atoms with Crippen LogP contribution in [0.4, 0.5) is 0 Å².